The second kappa shape index (κ2) is 9.46. The van der Waals surface area contributed by atoms with Crippen LogP contribution in [0.25, 0.3) is 27.9 Å². The van der Waals surface area contributed by atoms with Gasteiger partial charge in [0.15, 0.2) is 5.65 Å². The fourth-order valence-corrected chi connectivity index (χ4v) is 4.09. The fourth-order valence-electron chi connectivity index (χ4n) is 4.09. The number of rotatable bonds is 7. The number of nitrogen functional groups attached to an aromatic ring is 1. The van der Waals surface area contributed by atoms with Crippen molar-refractivity contribution in [2.45, 2.75) is 26.7 Å². The average Bonchev–Trinajstić information content (AvgIpc) is 3.14. The minimum absolute atomic E-state index is 0.278. The first-order valence-corrected chi connectivity index (χ1v) is 11.7. The van der Waals surface area contributed by atoms with E-state index in [4.69, 9.17) is 20.4 Å². The molecule has 0 atom stereocenters. The van der Waals surface area contributed by atoms with Crippen molar-refractivity contribution < 1.29 is 9.53 Å². The van der Waals surface area contributed by atoms with E-state index in [1.165, 1.54) is 0 Å². The molecule has 3 aromatic carbocycles. The molecule has 0 aliphatic rings. The molecule has 5 rings (SSSR count). The molecule has 35 heavy (non-hydrogen) atoms. The van der Waals surface area contributed by atoms with Gasteiger partial charge in [0.05, 0.1) is 17.6 Å². The summed E-state index contributed by atoms with van der Waals surface area (Å²) >= 11 is 0. The highest BCUT2D eigenvalue weighted by Gasteiger charge is 2.25. The van der Waals surface area contributed by atoms with Crippen LogP contribution in [0.15, 0.2) is 72.8 Å². The van der Waals surface area contributed by atoms with Gasteiger partial charge in [-0.2, -0.15) is 0 Å². The molecular weight excluding hydrogens is 438 g/mol. The third kappa shape index (κ3) is 4.40. The fraction of sp³-hybridized carbons (Fsp3) is 0.179. The third-order valence-corrected chi connectivity index (χ3v) is 5.86. The number of aromatic nitrogens is 3. The summed E-state index contributed by atoms with van der Waals surface area (Å²) in [6.45, 7) is 4.78. The highest BCUT2D eigenvalue weighted by atomic mass is 16.5. The lowest BCUT2D eigenvalue weighted by Crippen LogP contribution is -2.14. The van der Waals surface area contributed by atoms with Crippen molar-refractivity contribution in [3.8, 4) is 11.4 Å². The Bertz CT molecular complexity index is 1520. The number of nitrogens with two attached hydrogens (primary N) is 1. The summed E-state index contributed by atoms with van der Waals surface area (Å²) in [6, 6.07) is 22.8. The predicted molar refractivity (Wildman–Crippen MR) is 140 cm³/mol. The van der Waals surface area contributed by atoms with Crippen LogP contribution in [0, 0.1) is 6.92 Å². The molecule has 5 aromatic rings. The van der Waals surface area contributed by atoms with Crippen LogP contribution in [0.3, 0.4) is 0 Å². The van der Waals surface area contributed by atoms with E-state index < -0.39 is 0 Å². The standard InChI is InChI=1S/C28H27N5O2/c1-3-4-16-35-21-14-12-20(13-15-21)33-26(29)24(28(34)30-19-9-7-8-18(2)17-19)25-27(33)32-23-11-6-5-10-22(23)31-25/h5-15,17H,3-4,16,29H2,1-2H3,(H,30,34). The summed E-state index contributed by atoms with van der Waals surface area (Å²) in [5, 5.41) is 2.96. The van der Waals surface area contributed by atoms with Crippen molar-refractivity contribution in [3.05, 3.63) is 83.9 Å². The van der Waals surface area contributed by atoms with Gasteiger partial charge in [-0.25, -0.2) is 9.97 Å². The molecule has 2 aromatic heterocycles. The van der Waals surface area contributed by atoms with Gasteiger partial charge in [0.1, 0.15) is 22.6 Å². The number of benzene rings is 3. The molecule has 0 spiro atoms. The zero-order valence-electron chi connectivity index (χ0n) is 19.8. The second-order valence-electron chi connectivity index (χ2n) is 8.50. The van der Waals surface area contributed by atoms with Gasteiger partial charge < -0.3 is 15.8 Å². The summed E-state index contributed by atoms with van der Waals surface area (Å²) in [4.78, 5) is 23.1. The number of aryl methyl sites for hydroxylation is 1. The van der Waals surface area contributed by atoms with Gasteiger partial charge in [-0.05, 0) is 67.4 Å². The molecule has 0 fully saturated rings. The Morgan fingerprint density at radius 2 is 1.74 bits per heavy atom. The number of anilines is 2. The van der Waals surface area contributed by atoms with Crippen LogP contribution in [0.4, 0.5) is 11.5 Å². The molecule has 2 heterocycles. The number of ether oxygens (including phenoxy) is 1. The minimum Gasteiger partial charge on any atom is -0.494 e. The maximum absolute atomic E-state index is 13.4. The molecule has 0 unspecified atom stereocenters. The van der Waals surface area contributed by atoms with E-state index in [0.717, 1.165) is 35.4 Å². The number of nitrogens with zero attached hydrogens (tertiary/aromatic N) is 3. The molecule has 0 saturated carbocycles. The Morgan fingerprint density at radius 3 is 2.46 bits per heavy atom. The highest BCUT2D eigenvalue weighted by molar-refractivity contribution is 6.16. The van der Waals surface area contributed by atoms with E-state index in [1.54, 1.807) is 4.57 Å². The zero-order valence-corrected chi connectivity index (χ0v) is 19.8. The lowest BCUT2D eigenvalue weighted by Gasteiger charge is -2.10. The number of hydrogen-bond acceptors (Lipinski definition) is 5. The average molecular weight is 466 g/mol. The third-order valence-electron chi connectivity index (χ3n) is 5.86. The van der Waals surface area contributed by atoms with Gasteiger partial charge in [0, 0.05) is 11.4 Å². The Morgan fingerprint density at radius 1 is 1.00 bits per heavy atom. The largest absolute Gasteiger partial charge is 0.494 e. The summed E-state index contributed by atoms with van der Waals surface area (Å²) < 4.78 is 7.57. The first kappa shape index (κ1) is 22.4. The molecule has 0 aliphatic heterocycles. The molecule has 176 valence electrons. The van der Waals surface area contributed by atoms with E-state index in [0.29, 0.717) is 34.5 Å². The van der Waals surface area contributed by atoms with Crippen LogP contribution in [-0.2, 0) is 0 Å². The zero-order chi connectivity index (χ0) is 24.4. The van der Waals surface area contributed by atoms with Crippen molar-refractivity contribution in [1.82, 2.24) is 14.5 Å². The number of fused-ring (bicyclic) bond motifs is 2. The molecule has 3 N–H and O–H groups in total. The number of carbonyl (C=O) groups is 1. The Kier molecular flexibility index (Phi) is 6.06. The van der Waals surface area contributed by atoms with Crippen LogP contribution >= 0.6 is 0 Å². The molecule has 0 radical (unpaired) electrons. The number of unbranched alkanes of at least 4 members (excludes halogenated alkanes) is 1. The van der Waals surface area contributed by atoms with Crippen LogP contribution < -0.4 is 15.8 Å². The summed E-state index contributed by atoms with van der Waals surface area (Å²) in [5.74, 6) is 0.729. The smallest absolute Gasteiger partial charge is 0.261 e. The van der Waals surface area contributed by atoms with Crippen LogP contribution in [-0.4, -0.2) is 27.0 Å². The van der Waals surface area contributed by atoms with Crippen LogP contribution in [0.1, 0.15) is 35.7 Å². The summed E-state index contributed by atoms with van der Waals surface area (Å²) in [7, 11) is 0. The number of carbonyl (C=O) groups excluding carboxylic acids is 1. The first-order valence-electron chi connectivity index (χ1n) is 11.7. The summed E-state index contributed by atoms with van der Waals surface area (Å²) in [6.07, 6.45) is 2.07. The quantitative estimate of drug-likeness (QED) is 0.292. The highest BCUT2D eigenvalue weighted by Crippen LogP contribution is 2.32. The Labute approximate surface area is 203 Å². The van der Waals surface area contributed by atoms with Crippen molar-refractivity contribution in [1.29, 1.82) is 0 Å². The monoisotopic (exact) mass is 465 g/mol. The minimum atomic E-state index is -0.332. The van der Waals surface area contributed by atoms with Crippen molar-refractivity contribution in [3.63, 3.8) is 0 Å². The lowest BCUT2D eigenvalue weighted by atomic mass is 10.2. The molecule has 7 heteroatoms. The second-order valence-corrected chi connectivity index (χ2v) is 8.50. The number of nitrogens with one attached hydrogen (secondary N) is 1. The normalized spacial score (nSPS) is 11.1. The topological polar surface area (TPSA) is 95.1 Å². The van der Waals surface area contributed by atoms with Crippen molar-refractivity contribution in [2.24, 2.45) is 0 Å². The predicted octanol–water partition coefficient (Wildman–Crippen LogP) is 5.90. The van der Waals surface area contributed by atoms with Gasteiger partial charge in [0.2, 0.25) is 0 Å². The van der Waals surface area contributed by atoms with E-state index in [2.05, 4.69) is 12.2 Å². The maximum atomic E-state index is 13.4. The van der Waals surface area contributed by atoms with Gasteiger partial charge in [-0.15, -0.1) is 0 Å². The molecular formula is C28H27N5O2. The van der Waals surface area contributed by atoms with Gasteiger partial charge in [-0.3, -0.25) is 9.36 Å². The molecule has 0 aliphatic carbocycles. The number of para-hydroxylation sites is 2. The molecule has 7 nitrogen and oxygen atoms in total. The van der Waals surface area contributed by atoms with Crippen LogP contribution in [0.2, 0.25) is 0 Å². The summed E-state index contributed by atoms with van der Waals surface area (Å²) in [5.41, 5.74) is 11.8. The SMILES string of the molecule is CCCCOc1ccc(-n2c(N)c(C(=O)Nc3cccc(C)c3)c3nc4ccccc4nc32)cc1. The molecule has 0 bridgehead atoms. The maximum Gasteiger partial charge on any atom is 0.261 e. The van der Waals surface area contributed by atoms with Gasteiger partial charge >= 0.3 is 0 Å². The van der Waals surface area contributed by atoms with Crippen molar-refractivity contribution in [2.75, 3.05) is 17.7 Å². The van der Waals surface area contributed by atoms with E-state index in [-0.39, 0.29) is 11.7 Å². The van der Waals surface area contributed by atoms with Crippen LogP contribution in [0.5, 0.6) is 5.75 Å². The Balaban J connectivity index is 1.63. The van der Waals surface area contributed by atoms with Gasteiger partial charge in [-0.1, -0.05) is 37.6 Å². The lowest BCUT2D eigenvalue weighted by molar-refractivity contribution is 0.102. The molecule has 0 saturated heterocycles. The van der Waals surface area contributed by atoms with Crippen molar-refractivity contribution >= 4 is 39.6 Å². The van der Waals surface area contributed by atoms with Gasteiger partial charge in [0.25, 0.3) is 5.91 Å². The molecule has 1 amide bonds. The van der Waals surface area contributed by atoms with E-state index in [1.807, 2.05) is 79.7 Å². The number of amides is 1. The number of hydrogen-bond donors (Lipinski definition) is 2. The van der Waals surface area contributed by atoms with E-state index in [9.17, 15) is 4.79 Å². The van der Waals surface area contributed by atoms with E-state index >= 15 is 0 Å². The Hall–Kier alpha value is -4.39. The first-order chi connectivity index (χ1) is 17.0.